The second-order valence-electron chi connectivity index (χ2n) is 6.73. The summed E-state index contributed by atoms with van der Waals surface area (Å²) in [7, 11) is 0. The van der Waals surface area contributed by atoms with E-state index in [1.165, 1.54) is 19.3 Å². The van der Waals surface area contributed by atoms with Crippen LogP contribution in [0.4, 0.5) is 0 Å². The fourth-order valence-electron chi connectivity index (χ4n) is 3.90. The van der Waals surface area contributed by atoms with Crippen molar-refractivity contribution in [3.8, 4) is 5.75 Å². The molecule has 2 aliphatic heterocycles. The maximum absolute atomic E-state index is 10.1. The van der Waals surface area contributed by atoms with Gasteiger partial charge in [0.05, 0.1) is 5.02 Å². The Morgan fingerprint density at radius 2 is 2.00 bits per heavy atom. The molecule has 3 N–H and O–H groups in total. The van der Waals surface area contributed by atoms with Gasteiger partial charge in [0.2, 0.25) is 0 Å². The standard InChI is InChI=1S/C17H25Cl2N3O/c1-2-11-9-20-21-16(11)12-3-5-22(6-4-12)10-13-7-14(18)8-15(19)17(13)23/h7-8,11-12,16,20-21,23H,2-6,9-10H2,1H3. The molecule has 2 heterocycles. The number of halogens is 2. The van der Waals surface area contributed by atoms with Crippen LogP contribution in [-0.4, -0.2) is 35.7 Å². The smallest absolute Gasteiger partial charge is 0.138 e. The first-order valence-electron chi connectivity index (χ1n) is 8.46. The molecule has 0 aliphatic carbocycles. The number of nitrogens with one attached hydrogen (secondary N) is 2. The Morgan fingerprint density at radius 1 is 1.26 bits per heavy atom. The van der Waals surface area contributed by atoms with Crippen LogP contribution in [-0.2, 0) is 6.54 Å². The summed E-state index contributed by atoms with van der Waals surface area (Å²) < 4.78 is 0. The number of piperidine rings is 1. The van der Waals surface area contributed by atoms with E-state index >= 15 is 0 Å². The molecule has 128 valence electrons. The fraction of sp³-hybridized carbons (Fsp3) is 0.647. The van der Waals surface area contributed by atoms with E-state index in [4.69, 9.17) is 23.2 Å². The lowest BCUT2D eigenvalue weighted by Gasteiger charge is -2.36. The van der Waals surface area contributed by atoms with E-state index in [-0.39, 0.29) is 5.75 Å². The summed E-state index contributed by atoms with van der Waals surface area (Å²) in [4.78, 5) is 2.38. The van der Waals surface area contributed by atoms with Gasteiger partial charge in [0.25, 0.3) is 0 Å². The Bertz CT molecular complexity index is 547. The Hall–Kier alpha value is -0.520. The number of phenols is 1. The zero-order chi connectivity index (χ0) is 16.4. The average molecular weight is 358 g/mol. The monoisotopic (exact) mass is 357 g/mol. The van der Waals surface area contributed by atoms with Crippen molar-refractivity contribution in [1.29, 1.82) is 0 Å². The molecule has 6 heteroatoms. The molecule has 2 saturated heterocycles. The summed E-state index contributed by atoms with van der Waals surface area (Å²) in [5, 5.41) is 11.0. The number of benzene rings is 1. The zero-order valence-electron chi connectivity index (χ0n) is 13.5. The van der Waals surface area contributed by atoms with E-state index in [0.29, 0.717) is 22.6 Å². The van der Waals surface area contributed by atoms with Crippen molar-refractivity contribution >= 4 is 23.2 Å². The van der Waals surface area contributed by atoms with E-state index in [2.05, 4.69) is 22.7 Å². The van der Waals surface area contributed by atoms with Crippen LogP contribution < -0.4 is 10.9 Å². The maximum atomic E-state index is 10.1. The molecule has 1 aromatic rings. The van der Waals surface area contributed by atoms with E-state index < -0.39 is 0 Å². The van der Waals surface area contributed by atoms with Crippen molar-refractivity contribution in [2.75, 3.05) is 19.6 Å². The third-order valence-corrected chi connectivity index (χ3v) is 5.81. The van der Waals surface area contributed by atoms with Crippen LogP contribution >= 0.6 is 23.2 Å². The number of hydrazine groups is 1. The van der Waals surface area contributed by atoms with Gasteiger partial charge in [-0.05, 0) is 49.9 Å². The highest BCUT2D eigenvalue weighted by Gasteiger charge is 2.34. The summed E-state index contributed by atoms with van der Waals surface area (Å²) in [6.45, 7) is 6.14. The van der Waals surface area contributed by atoms with Crippen LogP contribution in [0, 0.1) is 11.8 Å². The molecule has 0 saturated carbocycles. The lowest BCUT2D eigenvalue weighted by Crippen LogP contribution is -2.44. The minimum Gasteiger partial charge on any atom is -0.506 e. The van der Waals surface area contributed by atoms with Gasteiger partial charge in [-0.1, -0.05) is 36.5 Å². The second kappa shape index (κ2) is 7.58. The van der Waals surface area contributed by atoms with Gasteiger partial charge in [0, 0.05) is 29.7 Å². The molecule has 0 bridgehead atoms. The Kier molecular flexibility index (Phi) is 5.70. The van der Waals surface area contributed by atoms with Gasteiger partial charge in [-0.15, -0.1) is 0 Å². The molecule has 3 rings (SSSR count). The van der Waals surface area contributed by atoms with Gasteiger partial charge in [-0.2, -0.15) is 0 Å². The normalized spacial score (nSPS) is 26.7. The van der Waals surface area contributed by atoms with E-state index in [0.717, 1.165) is 37.0 Å². The highest BCUT2D eigenvalue weighted by Crippen LogP contribution is 2.33. The van der Waals surface area contributed by atoms with Crippen molar-refractivity contribution in [1.82, 2.24) is 15.8 Å². The molecular formula is C17H25Cl2N3O. The lowest BCUT2D eigenvalue weighted by molar-refractivity contribution is 0.142. The first-order chi connectivity index (χ1) is 11.1. The maximum Gasteiger partial charge on any atom is 0.138 e. The average Bonchev–Trinajstić information content (AvgIpc) is 3.01. The van der Waals surface area contributed by atoms with Crippen molar-refractivity contribution in [3.63, 3.8) is 0 Å². The number of likely N-dealkylation sites (tertiary alicyclic amines) is 1. The number of hydrogen-bond donors (Lipinski definition) is 3. The third-order valence-electron chi connectivity index (χ3n) is 5.31. The van der Waals surface area contributed by atoms with E-state index in [9.17, 15) is 5.11 Å². The van der Waals surface area contributed by atoms with Crippen LogP contribution in [0.5, 0.6) is 5.75 Å². The lowest BCUT2D eigenvalue weighted by atomic mass is 9.82. The first-order valence-corrected chi connectivity index (χ1v) is 9.21. The van der Waals surface area contributed by atoms with Crippen LogP contribution in [0.3, 0.4) is 0 Å². The molecule has 0 spiro atoms. The molecule has 1 aromatic carbocycles. The van der Waals surface area contributed by atoms with Crippen molar-refractivity contribution in [3.05, 3.63) is 27.7 Å². The second-order valence-corrected chi connectivity index (χ2v) is 7.57. The number of nitrogens with zero attached hydrogens (tertiary/aromatic N) is 1. The molecule has 2 fully saturated rings. The van der Waals surface area contributed by atoms with Crippen LogP contribution in [0.1, 0.15) is 31.7 Å². The van der Waals surface area contributed by atoms with Gasteiger partial charge in [-0.25, -0.2) is 0 Å². The van der Waals surface area contributed by atoms with Gasteiger partial charge in [0.1, 0.15) is 5.75 Å². The quantitative estimate of drug-likeness (QED) is 0.772. The SMILES string of the molecule is CCC1CNNC1C1CCN(Cc2cc(Cl)cc(Cl)c2O)CC1. The summed E-state index contributed by atoms with van der Waals surface area (Å²) in [6, 6.07) is 3.98. The van der Waals surface area contributed by atoms with Gasteiger partial charge >= 0.3 is 0 Å². The Balaban J connectivity index is 1.57. The number of aromatic hydroxyl groups is 1. The Labute approximate surface area is 148 Å². The topological polar surface area (TPSA) is 47.5 Å². The minimum absolute atomic E-state index is 0.158. The molecule has 2 unspecified atom stereocenters. The summed E-state index contributed by atoms with van der Waals surface area (Å²) >= 11 is 12.1. The molecule has 23 heavy (non-hydrogen) atoms. The fourth-order valence-corrected chi connectivity index (χ4v) is 4.44. The van der Waals surface area contributed by atoms with Gasteiger partial charge < -0.3 is 5.11 Å². The Morgan fingerprint density at radius 3 is 2.70 bits per heavy atom. The molecule has 4 nitrogen and oxygen atoms in total. The van der Waals surface area contributed by atoms with E-state index in [1.807, 2.05) is 6.07 Å². The number of rotatable bonds is 4. The summed E-state index contributed by atoms with van der Waals surface area (Å²) in [5.41, 5.74) is 7.60. The largest absolute Gasteiger partial charge is 0.506 e. The molecule has 2 aliphatic rings. The van der Waals surface area contributed by atoms with Crippen molar-refractivity contribution in [2.45, 2.75) is 38.8 Å². The first kappa shape index (κ1) is 17.3. The van der Waals surface area contributed by atoms with Gasteiger partial charge in [0.15, 0.2) is 0 Å². The predicted octanol–water partition coefficient (Wildman–Crippen LogP) is 3.41. The van der Waals surface area contributed by atoms with Crippen molar-refractivity contribution in [2.24, 2.45) is 11.8 Å². The van der Waals surface area contributed by atoms with Crippen LogP contribution in [0.2, 0.25) is 10.0 Å². The predicted molar refractivity (Wildman–Crippen MR) is 94.8 cm³/mol. The summed E-state index contributed by atoms with van der Waals surface area (Å²) in [5.74, 6) is 1.62. The van der Waals surface area contributed by atoms with Crippen LogP contribution in [0.25, 0.3) is 0 Å². The number of hydrogen-bond acceptors (Lipinski definition) is 4. The highest BCUT2D eigenvalue weighted by atomic mass is 35.5. The minimum atomic E-state index is 0.158. The molecular weight excluding hydrogens is 333 g/mol. The zero-order valence-corrected chi connectivity index (χ0v) is 15.0. The highest BCUT2D eigenvalue weighted by molar-refractivity contribution is 6.35. The van der Waals surface area contributed by atoms with Crippen LogP contribution in [0.15, 0.2) is 12.1 Å². The molecule has 0 amide bonds. The van der Waals surface area contributed by atoms with Crippen molar-refractivity contribution < 1.29 is 5.11 Å². The molecule has 2 atom stereocenters. The van der Waals surface area contributed by atoms with Gasteiger partial charge in [-0.3, -0.25) is 15.8 Å². The molecule has 0 radical (unpaired) electrons. The summed E-state index contributed by atoms with van der Waals surface area (Å²) in [6.07, 6.45) is 3.59. The number of phenolic OH excluding ortho intramolecular Hbond substituents is 1. The molecule has 0 aromatic heterocycles. The third kappa shape index (κ3) is 3.94. The van der Waals surface area contributed by atoms with E-state index in [1.54, 1.807) is 6.07 Å².